The van der Waals surface area contributed by atoms with Crippen molar-refractivity contribution in [1.29, 1.82) is 0 Å². The highest BCUT2D eigenvalue weighted by molar-refractivity contribution is 6.30. The summed E-state index contributed by atoms with van der Waals surface area (Å²) < 4.78 is 0. The Hall–Kier alpha value is -3.15. The lowest BCUT2D eigenvalue weighted by Gasteiger charge is -2.44. The number of nitrogens with zero attached hydrogens (tertiary/aromatic N) is 2. The summed E-state index contributed by atoms with van der Waals surface area (Å²) >= 11 is 6.22. The van der Waals surface area contributed by atoms with E-state index in [0.717, 1.165) is 82.4 Å². The van der Waals surface area contributed by atoms with Gasteiger partial charge in [-0.05, 0) is 92.8 Å². The number of halogens is 1. The molecule has 2 unspecified atom stereocenters. The minimum atomic E-state index is -0.529. The largest absolute Gasteiger partial charge is 0.355 e. The summed E-state index contributed by atoms with van der Waals surface area (Å²) in [4.78, 5) is 32.5. The second kappa shape index (κ2) is 12.6. The van der Waals surface area contributed by atoms with Crippen LogP contribution in [0.25, 0.3) is 0 Å². The first kappa shape index (κ1) is 28.9. The van der Waals surface area contributed by atoms with Crippen LogP contribution in [0.4, 0.5) is 0 Å². The van der Waals surface area contributed by atoms with Gasteiger partial charge in [0.15, 0.2) is 0 Å². The Morgan fingerprint density at radius 1 is 0.786 bits per heavy atom. The van der Waals surface area contributed by atoms with Gasteiger partial charge in [0, 0.05) is 31.2 Å². The van der Waals surface area contributed by atoms with Gasteiger partial charge < -0.3 is 15.1 Å². The predicted octanol–water partition coefficient (Wildman–Crippen LogP) is 6.00. The summed E-state index contributed by atoms with van der Waals surface area (Å²) in [7, 11) is 0. The van der Waals surface area contributed by atoms with Crippen molar-refractivity contribution in [3.8, 4) is 0 Å². The molecule has 3 aromatic rings. The molecule has 0 aromatic heterocycles. The lowest BCUT2D eigenvalue weighted by molar-refractivity contribution is -0.140. The van der Waals surface area contributed by atoms with Gasteiger partial charge >= 0.3 is 0 Å². The Morgan fingerprint density at radius 3 is 2.10 bits per heavy atom. The maximum atomic E-state index is 14.1. The first-order chi connectivity index (χ1) is 20.5. The number of benzene rings is 3. The third kappa shape index (κ3) is 5.87. The molecule has 3 fully saturated rings. The van der Waals surface area contributed by atoms with Crippen molar-refractivity contribution in [3.63, 3.8) is 0 Å². The van der Waals surface area contributed by atoms with E-state index in [1.807, 2.05) is 48.5 Å². The van der Waals surface area contributed by atoms with Crippen molar-refractivity contribution in [2.75, 3.05) is 39.3 Å². The second-order valence-electron chi connectivity index (χ2n) is 12.5. The van der Waals surface area contributed by atoms with Gasteiger partial charge in [0.1, 0.15) is 0 Å². The smallest absolute Gasteiger partial charge is 0.233 e. The zero-order valence-electron chi connectivity index (χ0n) is 24.4. The van der Waals surface area contributed by atoms with Gasteiger partial charge in [0.2, 0.25) is 11.8 Å². The van der Waals surface area contributed by atoms with Gasteiger partial charge in [-0.15, -0.1) is 0 Å². The average Bonchev–Trinajstić information content (AvgIpc) is 3.77. The maximum absolute atomic E-state index is 14.1. The number of piperidine rings is 2. The third-order valence-corrected chi connectivity index (χ3v) is 10.2. The molecular weight excluding hydrogens is 542 g/mol. The molecule has 1 aliphatic carbocycles. The van der Waals surface area contributed by atoms with Crippen molar-refractivity contribution in [2.24, 2.45) is 5.92 Å². The van der Waals surface area contributed by atoms with Crippen molar-refractivity contribution in [1.82, 2.24) is 15.1 Å². The fraction of sp³-hybridized carbons (Fsp3) is 0.444. The van der Waals surface area contributed by atoms with Gasteiger partial charge in [0.05, 0.1) is 10.8 Å². The number of carbonyl (C=O) groups is 2. The van der Waals surface area contributed by atoms with Gasteiger partial charge in [-0.2, -0.15) is 0 Å². The Bertz CT molecular complexity index is 1350. The lowest BCUT2D eigenvalue weighted by atomic mass is 9.71. The summed E-state index contributed by atoms with van der Waals surface area (Å²) in [5.74, 6) is 0.659. The molecule has 2 amide bonds. The number of amides is 2. The molecule has 0 radical (unpaired) electrons. The van der Waals surface area contributed by atoms with E-state index in [-0.39, 0.29) is 11.8 Å². The van der Waals surface area contributed by atoms with Gasteiger partial charge in [-0.25, -0.2) is 0 Å². The highest BCUT2D eigenvalue weighted by Crippen LogP contribution is 2.55. The molecule has 2 heterocycles. The van der Waals surface area contributed by atoms with Crippen molar-refractivity contribution < 1.29 is 9.59 Å². The summed E-state index contributed by atoms with van der Waals surface area (Å²) in [6, 6.07) is 28.6. The molecule has 5 nitrogen and oxygen atoms in total. The van der Waals surface area contributed by atoms with E-state index in [4.69, 9.17) is 11.6 Å². The molecule has 1 saturated carbocycles. The number of nitrogens with one attached hydrogen (secondary N) is 1. The topological polar surface area (TPSA) is 52.7 Å². The lowest BCUT2D eigenvalue weighted by Crippen LogP contribution is -2.54. The Labute approximate surface area is 255 Å². The van der Waals surface area contributed by atoms with Crippen LogP contribution in [-0.2, 0) is 26.8 Å². The summed E-state index contributed by atoms with van der Waals surface area (Å²) in [5.41, 5.74) is 2.43. The third-order valence-electron chi connectivity index (χ3n) is 9.98. The molecule has 0 bridgehead atoms. The summed E-state index contributed by atoms with van der Waals surface area (Å²) in [6.07, 6.45) is 6.69. The molecule has 220 valence electrons. The van der Waals surface area contributed by atoms with Crippen LogP contribution in [0.3, 0.4) is 0 Å². The average molecular weight is 584 g/mol. The van der Waals surface area contributed by atoms with E-state index >= 15 is 0 Å². The zero-order valence-corrected chi connectivity index (χ0v) is 25.2. The van der Waals surface area contributed by atoms with E-state index < -0.39 is 10.8 Å². The van der Waals surface area contributed by atoms with Gasteiger partial charge in [-0.3, -0.25) is 9.59 Å². The highest BCUT2D eigenvalue weighted by atomic mass is 35.5. The molecule has 2 saturated heterocycles. The Morgan fingerprint density at radius 2 is 1.43 bits per heavy atom. The first-order valence-corrected chi connectivity index (χ1v) is 16.0. The molecule has 2 aliphatic heterocycles. The normalized spacial score (nSPS) is 23.7. The molecule has 6 rings (SSSR count). The number of rotatable bonds is 9. The molecular formula is C36H42ClN3O2. The number of hydrogen-bond acceptors (Lipinski definition) is 3. The number of likely N-dealkylation sites (tertiary alicyclic amines) is 2. The number of hydrogen-bond donors (Lipinski definition) is 1. The zero-order chi connectivity index (χ0) is 29.0. The van der Waals surface area contributed by atoms with Crippen LogP contribution in [-0.4, -0.2) is 60.9 Å². The molecule has 3 aliphatic rings. The SMILES string of the molecule is O=C(N1CCCCC1)C1(c2ccccc2)CCN(CC2CC2(C(=O)NCCc2ccccc2)c2ccc(Cl)cc2)CC1. The minimum absolute atomic E-state index is 0.113. The van der Waals surface area contributed by atoms with Crippen molar-refractivity contribution in [2.45, 2.75) is 55.8 Å². The minimum Gasteiger partial charge on any atom is -0.355 e. The predicted molar refractivity (Wildman–Crippen MR) is 169 cm³/mol. The second-order valence-corrected chi connectivity index (χ2v) is 12.9. The van der Waals surface area contributed by atoms with Crippen LogP contribution in [0.5, 0.6) is 0 Å². The molecule has 0 spiro atoms. The standard InChI is InChI=1S/C36H42ClN3O2/c37-32-16-14-30(15-17-32)36(33(41)38-21-18-28-10-4-1-5-11-28)26-31(36)27-39-24-19-35(20-25-39,29-12-6-2-7-13-29)34(42)40-22-8-3-9-23-40/h1-2,4-7,10-17,31H,3,8-9,18-27H2,(H,38,41). The highest BCUT2D eigenvalue weighted by Gasteiger charge is 2.61. The quantitative estimate of drug-likeness (QED) is 0.336. The van der Waals surface area contributed by atoms with Crippen molar-refractivity contribution in [3.05, 3.63) is 107 Å². The van der Waals surface area contributed by atoms with Crippen molar-refractivity contribution >= 4 is 23.4 Å². The van der Waals surface area contributed by atoms with Crippen LogP contribution in [0.15, 0.2) is 84.9 Å². The van der Waals surface area contributed by atoms with Gasteiger partial charge in [-0.1, -0.05) is 84.4 Å². The maximum Gasteiger partial charge on any atom is 0.233 e. The van der Waals surface area contributed by atoms with E-state index in [2.05, 4.69) is 51.5 Å². The molecule has 1 N–H and O–H groups in total. The van der Waals surface area contributed by atoms with Gasteiger partial charge in [0.25, 0.3) is 0 Å². The monoisotopic (exact) mass is 583 g/mol. The Kier molecular flexibility index (Phi) is 8.69. The van der Waals surface area contributed by atoms with Crippen LogP contribution < -0.4 is 5.32 Å². The number of carbonyl (C=O) groups excluding carboxylic acids is 2. The molecule has 3 aromatic carbocycles. The van der Waals surface area contributed by atoms with E-state index in [0.29, 0.717) is 17.5 Å². The van der Waals surface area contributed by atoms with Crippen LogP contribution in [0.2, 0.25) is 5.02 Å². The summed E-state index contributed by atoms with van der Waals surface area (Å²) in [6.45, 7) is 4.95. The fourth-order valence-corrected chi connectivity index (χ4v) is 7.52. The molecule has 2 atom stereocenters. The summed E-state index contributed by atoms with van der Waals surface area (Å²) in [5, 5.41) is 3.94. The van der Waals surface area contributed by atoms with Crippen LogP contribution in [0, 0.1) is 5.92 Å². The van der Waals surface area contributed by atoms with E-state index in [9.17, 15) is 9.59 Å². The van der Waals surface area contributed by atoms with E-state index in [1.165, 1.54) is 12.0 Å². The first-order valence-electron chi connectivity index (χ1n) is 15.7. The Balaban J connectivity index is 1.14. The molecule has 42 heavy (non-hydrogen) atoms. The fourth-order valence-electron chi connectivity index (χ4n) is 7.39. The van der Waals surface area contributed by atoms with Crippen LogP contribution >= 0.6 is 11.6 Å². The van der Waals surface area contributed by atoms with E-state index in [1.54, 1.807) is 0 Å². The molecule has 6 heteroatoms. The van der Waals surface area contributed by atoms with Crippen LogP contribution in [0.1, 0.15) is 55.2 Å².